The zero-order valence-corrected chi connectivity index (χ0v) is 12.8. The number of carbonyl (C=O) groups is 1. The molecule has 1 aromatic carbocycles. The number of methoxy groups -OCH3 is 1. The number of hydrogen-bond donors (Lipinski definition) is 1. The molecule has 0 spiro atoms. The molecule has 0 aliphatic carbocycles. The molecule has 0 saturated heterocycles. The van der Waals surface area contributed by atoms with Crippen LogP contribution < -0.4 is 4.74 Å². The summed E-state index contributed by atoms with van der Waals surface area (Å²) in [6.45, 7) is 4.05. The molecule has 2 heterocycles. The highest BCUT2D eigenvalue weighted by atomic mass is 16.5. The van der Waals surface area contributed by atoms with E-state index in [4.69, 9.17) is 14.3 Å². The molecule has 0 amide bonds. The lowest BCUT2D eigenvalue weighted by atomic mass is 9.99. The maximum atomic E-state index is 11.1. The van der Waals surface area contributed by atoms with Crippen LogP contribution in [0, 0.1) is 6.92 Å². The number of hydrogen-bond acceptors (Lipinski definition) is 4. The van der Waals surface area contributed by atoms with Gasteiger partial charge in [0.1, 0.15) is 22.8 Å². The number of ether oxygens (including phenoxy) is 1. The third kappa shape index (κ3) is 2.85. The molecule has 2 aromatic rings. The van der Waals surface area contributed by atoms with E-state index in [9.17, 15) is 4.79 Å². The van der Waals surface area contributed by atoms with Crippen molar-refractivity contribution in [2.45, 2.75) is 26.4 Å². The molecule has 5 nitrogen and oxygen atoms in total. The van der Waals surface area contributed by atoms with Gasteiger partial charge in [-0.1, -0.05) is 6.07 Å². The number of furan rings is 1. The smallest absolute Gasteiger partial charge is 0.339 e. The second kappa shape index (κ2) is 5.85. The minimum atomic E-state index is -0.943. The lowest BCUT2D eigenvalue weighted by Gasteiger charge is -2.28. The average molecular weight is 301 g/mol. The molecule has 3 rings (SSSR count). The molecule has 116 valence electrons. The van der Waals surface area contributed by atoms with Gasteiger partial charge < -0.3 is 14.3 Å². The number of carboxylic acids is 1. The number of aryl methyl sites for hydroxylation is 1. The molecular weight excluding hydrogens is 282 g/mol. The van der Waals surface area contributed by atoms with E-state index in [1.54, 1.807) is 20.1 Å². The first-order valence-electron chi connectivity index (χ1n) is 7.27. The van der Waals surface area contributed by atoms with Crippen LogP contribution in [0.3, 0.4) is 0 Å². The summed E-state index contributed by atoms with van der Waals surface area (Å²) in [5, 5.41) is 9.09. The van der Waals surface area contributed by atoms with Gasteiger partial charge in [0, 0.05) is 13.1 Å². The van der Waals surface area contributed by atoms with Crippen molar-refractivity contribution in [1.29, 1.82) is 0 Å². The monoisotopic (exact) mass is 301 g/mol. The molecule has 5 heteroatoms. The molecule has 0 saturated carbocycles. The minimum absolute atomic E-state index is 0.245. The zero-order chi connectivity index (χ0) is 15.7. The van der Waals surface area contributed by atoms with Crippen LogP contribution in [0.2, 0.25) is 0 Å². The van der Waals surface area contributed by atoms with Crippen LogP contribution in [0.5, 0.6) is 5.75 Å². The SMILES string of the molecule is COc1ccc2c(c1)CN(Cc1cc(C(=O)O)c(C)o1)CC2. The number of rotatable bonds is 4. The minimum Gasteiger partial charge on any atom is -0.497 e. The third-order valence-electron chi connectivity index (χ3n) is 4.08. The Bertz CT molecular complexity index is 705. The topological polar surface area (TPSA) is 62.9 Å². The standard InChI is InChI=1S/C17H19NO4/c1-11-16(17(19)20)8-15(22-11)10-18-6-5-12-3-4-14(21-2)7-13(12)9-18/h3-4,7-8H,5-6,9-10H2,1-2H3,(H,19,20). The third-order valence-corrected chi connectivity index (χ3v) is 4.08. The lowest BCUT2D eigenvalue weighted by Crippen LogP contribution is -2.29. The van der Waals surface area contributed by atoms with Crippen LogP contribution in [0.1, 0.15) is 33.0 Å². The number of fused-ring (bicyclic) bond motifs is 1. The summed E-state index contributed by atoms with van der Waals surface area (Å²) in [6.07, 6.45) is 0.977. The Balaban J connectivity index is 1.74. The maximum absolute atomic E-state index is 11.1. The summed E-state index contributed by atoms with van der Waals surface area (Å²) in [7, 11) is 1.67. The Hall–Kier alpha value is -2.27. The van der Waals surface area contributed by atoms with Crippen molar-refractivity contribution < 1.29 is 19.1 Å². The van der Waals surface area contributed by atoms with Crippen molar-refractivity contribution >= 4 is 5.97 Å². The van der Waals surface area contributed by atoms with Gasteiger partial charge in [-0.15, -0.1) is 0 Å². The largest absolute Gasteiger partial charge is 0.497 e. The molecule has 0 bridgehead atoms. The van der Waals surface area contributed by atoms with E-state index >= 15 is 0 Å². The van der Waals surface area contributed by atoms with Crippen molar-refractivity contribution in [1.82, 2.24) is 4.90 Å². The number of nitrogens with zero attached hydrogens (tertiary/aromatic N) is 1. The molecule has 0 radical (unpaired) electrons. The van der Waals surface area contributed by atoms with Gasteiger partial charge in [-0.05, 0) is 42.7 Å². The first kappa shape index (κ1) is 14.7. The van der Waals surface area contributed by atoms with E-state index in [1.165, 1.54) is 11.1 Å². The van der Waals surface area contributed by atoms with E-state index in [1.807, 2.05) is 6.07 Å². The van der Waals surface area contributed by atoms with Gasteiger partial charge in [-0.3, -0.25) is 4.90 Å². The first-order valence-corrected chi connectivity index (χ1v) is 7.27. The van der Waals surface area contributed by atoms with Crippen molar-refractivity contribution in [3.05, 3.63) is 52.5 Å². The second-order valence-corrected chi connectivity index (χ2v) is 5.58. The van der Waals surface area contributed by atoms with Gasteiger partial charge in [-0.25, -0.2) is 4.79 Å². The van der Waals surface area contributed by atoms with Crippen molar-refractivity contribution in [2.24, 2.45) is 0 Å². The summed E-state index contributed by atoms with van der Waals surface area (Å²) in [5.41, 5.74) is 2.85. The highest BCUT2D eigenvalue weighted by molar-refractivity contribution is 5.88. The van der Waals surface area contributed by atoms with Gasteiger partial charge in [0.05, 0.1) is 13.7 Å². The van der Waals surface area contributed by atoms with Crippen LogP contribution in [-0.2, 0) is 19.5 Å². The normalized spacial score (nSPS) is 14.6. The predicted molar refractivity (Wildman–Crippen MR) is 81.2 cm³/mol. The van der Waals surface area contributed by atoms with Crippen LogP contribution in [0.25, 0.3) is 0 Å². The first-order chi connectivity index (χ1) is 10.6. The second-order valence-electron chi connectivity index (χ2n) is 5.58. The van der Waals surface area contributed by atoms with E-state index in [2.05, 4.69) is 17.0 Å². The highest BCUT2D eigenvalue weighted by Crippen LogP contribution is 2.25. The van der Waals surface area contributed by atoms with E-state index in [0.717, 1.165) is 25.3 Å². The van der Waals surface area contributed by atoms with Crippen molar-refractivity contribution in [3.63, 3.8) is 0 Å². The Morgan fingerprint density at radius 2 is 2.18 bits per heavy atom. The fourth-order valence-electron chi connectivity index (χ4n) is 2.91. The summed E-state index contributed by atoms with van der Waals surface area (Å²) >= 11 is 0. The number of carboxylic acid groups (broad SMARTS) is 1. The van der Waals surface area contributed by atoms with Crippen LogP contribution in [0.4, 0.5) is 0 Å². The fourth-order valence-corrected chi connectivity index (χ4v) is 2.91. The van der Waals surface area contributed by atoms with Gasteiger partial charge >= 0.3 is 5.97 Å². The van der Waals surface area contributed by atoms with Crippen molar-refractivity contribution in [2.75, 3.05) is 13.7 Å². The summed E-state index contributed by atoms with van der Waals surface area (Å²) in [4.78, 5) is 13.3. The Labute approximate surface area is 129 Å². The summed E-state index contributed by atoms with van der Waals surface area (Å²) in [6, 6.07) is 7.80. The zero-order valence-electron chi connectivity index (χ0n) is 12.8. The predicted octanol–water partition coefficient (Wildman–Crippen LogP) is 2.85. The molecule has 1 aromatic heterocycles. The molecule has 0 fully saturated rings. The van der Waals surface area contributed by atoms with E-state index in [-0.39, 0.29) is 5.56 Å². The van der Waals surface area contributed by atoms with Gasteiger partial charge in [0.2, 0.25) is 0 Å². The average Bonchev–Trinajstić information content (AvgIpc) is 2.87. The van der Waals surface area contributed by atoms with Crippen LogP contribution >= 0.6 is 0 Å². The Kier molecular flexibility index (Phi) is 3.90. The molecule has 1 aliphatic heterocycles. The maximum Gasteiger partial charge on any atom is 0.339 e. The van der Waals surface area contributed by atoms with E-state index < -0.39 is 5.97 Å². The fraction of sp³-hybridized carbons (Fsp3) is 0.353. The Morgan fingerprint density at radius 3 is 2.86 bits per heavy atom. The van der Waals surface area contributed by atoms with E-state index in [0.29, 0.717) is 18.1 Å². The summed E-state index contributed by atoms with van der Waals surface area (Å²) in [5.74, 6) is 1.08. The van der Waals surface area contributed by atoms with Crippen LogP contribution in [0.15, 0.2) is 28.7 Å². The van der Waals surface area contributed by atoms with Gasteiger partial charge in [0.25, 0.3) is 0 Å². The molecule has 1 N–H and O–H groups in total. The number of benzene rings is 1. The molecule has 0 unspecified atom stereocenters. The molecule has 22 heavy (non-hydrogen) atoms. The van der Waals surface area contributed by atoms with Gasteiger partial charge in [-0.2, -0.15) is 0 Å². The highest BCUT2D eigenvalue weighted by Gasteiger charge is 2.20. The van der Waals surface area contributed by atoms with Crippen molar-refractivity contribution in [3.8, 4) is 5.75 Å². The summed E-state index contributed by atoms with van der Waals surface area (Å²) < 4.78 is 10.8. The Morgan fingerprint density at radius 1 is 1.36 bits per heavy atom. The lowest BCUT2D eigenvalue weighted by molar-refractivity contribution is 0.0695. The number of aromatic carboxylic acids is 1. The molecule has 1 aliphatic rings. The molecule has 0 atom stereocenters. The quantitative estimate of drug-likeness (QED) is 0.941. The van der Waals surface area contributed by atoms with Crippen LogP contribution in [-0.4, -0.2) is 29.6 Å². The van der Waals surface area contributed by atoms with Gasteiger partial charge in [0.15, 0.2) is 0 Å². The molecular formula is C17H19NO4.